The zero-order chi connectivity index (χ0) is 14.9. The molecule has 0 aliphatic rings. The van der Waals surface area contributed by atoms with Crippen molar-refractivity contribution in [1.29, 1.82) is 0 Å². The molecule has 0 fully saturated rings. The van der Waals surface area contributed by atoms with Gasteiger partial charge >= 0.3 is 0 Å². The first-order valence-corrected chi connectivity index (χ1v) is 8.75. The van der Waals surface area contributed by atoms with Gasteiger partial charge in [-0.05, 0) is 47.2 Å². The summed E-state index contributed by atoms with van der Waals surface area (Å²) in [7, 11) is 1.72. The van der Waals surface area contributed by atoms with Crippen LogP contribution in [0, 0.1) is 6.92 Å². The van der Waals surface area contributed by atoms with E-state index in [-0.39, 0.29) is 4.90 Å². The zero-order valence-corrected chi connectivity index (χ0v) is 13.3. The molecule has 2 aromatic rings. The third kappa shape index (κ3) is 3.41. The number of rotatable bonds is 3. The molecule has 2 nitrogen and oxygen atoms in total. The van der Waals surface area contributed by atoms with Gasteiger partial charge in [0.2, 0.25) is 0 Å². The van der Waals surface area contributed by atoms with Crippen LogP contribution in [0.25, 0.3) is 11.1 Å². The second kappa shape index (κ2) is 5.58. The zero-order valence-electron chi connectivity index (χ0n) is 11.7. The Balaban J connectivity index is 2.50. The lowest BCUT2D eigenvalue weighted by Gasteiger charge is -2.09. The molecule has 0 saturated heterocycles. The van der Waals surface area contributed by atoms with Crippen molar-refractivity contribution in [3.8, 4) is 11.1 Å². The molecule has 0 atom stereocenters. The molecule has 106 valence electrons. The van der Waals surface area contributed by atoms with E-state index in [0.717, 1.165) is 16.7 Å². The summed E-state index contributed by atoms with van der Waals surface area (Å²) in [5.74, 6) is 0.473. The Bertz CT molecular complexity index is 717. The minimum Gasteiger partial charge on any atom is -0.207 e. The largest absolute Gasteiger partial charge is 0.261 e. The minimum absolute atomic E-state index is 0.141. The average Bonchev–Trinajstić information content (AvgIpc) is 2.37. The SMILES string of the molecule is Cc1cc(-c2ccc(C(C)C)cc2)cc(S(=O)(=O)Cl)c1. The van der Waals surface area contributed by atoms with Gasteiger partial charge in [0.05, 0.1) is 4.90 Å². The van der Waals surface area contributed by atoms with Crippen molar-refractivity contribution in [3.05, 3.63) is 53.6 Å². The molecule has 2 rings (SSSR count). The second-order valence-electron chi connectivity index (χ2n) is 5.25. The summed E-state index contributed by atoms with van der Waals surface area (Å²) in [4.78, 5) is 0.141. The summed E-state index contributed by atoms with van der Waals surface area (Å²) >= 11 is 0. The maximum absolute atomic E-state index is 11.5. The lowest BCUT2D eigenvalue weighted by Crippen LogP contribution is -1.93. The van der Waals surface area contributed by atoms with Gasteiger partial charge in [0.1, 0.15) is 0 Å². The van der Waals surface area contributed by atoms with Crippen LogP contribution >= 0.6 is 10.7 Å². The molecule has 0 radical (unpaired) electrons. The molecular formula is C16H17ClO2S. The lowest BCUT2D eigenvalue weighted by atomic mass is 9.98. The Hall–Kier alpha value is -1.32. The molecular weight excluding hydrogens is 292 g/mol. The highest BCUT2D eigenvalue weighted by Crippen LogP contribution is 2.27. The highest BCUT2D eigenvalue weighted by molar-refractivity contribution is 8.13. The van der Waals surface area contributed by atoms with Crippen molar-refractivity contribution in [2.75, 3.05) is 0 Å². The van der Waals surface area contributed by atoms with Gasteiger partial charge in [-0.1, -0.05) is 44.2 Å². The Morgan fingerprint density at radius 1 is 0.950 bits per heavy atom. The van der Waals surface area contributed by atoms with Crippen LogP contribution in [-0.2, 0) is 9.05 Å². The van der Waals surface area contributed by atoms with Gasteiger partial charge < -0.3 is 0 Å². The van der Waals surface area contributed by atoms with Crippen LogP contribution in [0.15, 0.2) is 47.4 Å². The normalized spacial score (nSPS) is 11.8. The standard InChI is InChI=1S/C16H17ClO2S/c1-11(2)13-4-6-14(7-5-13)15-8-12(3)9-16(10-15)20(17,18)19/h4-11H,1-3H3. The summed E-state index contributed by atoms with van der Waals surface area (Å²) < 4.78 is 23.0. The molecule has 0 amide bonds. The lowest BCUT2D eigenvalue weighted by molar-refractivity contribution is 0.609. The fourth-order valence-corrected chi connectivity index (χ4v) is 2.98. The minimum atomic E-state index is -3.71. The third-order valence-electron chi connectivity index (χ3n) is 3.24. The molecule has 20 heavy (non-hydrogen) atoms. The highest BCUT2D eigenvalue weighted by atomic mass is 35.7. The first kappa shape index (κ1) is 15.1. The van der Waals surface area contributed by atoms with E-state index in [1.165, 1.54) is 5.56 Å². The molecule has 0 N–H and O–H groups in total. The van der Waals surface area contributed by atoms with Gasteiger partial charge in [0.15, 0.2) is 0 Å². The van der Waals surface area contributed by atoms with E-state index in [9.17, 15) is 8.42 Å². The maximum Gasteiger partial charge on any atom is 0.261 e. The van der Waals surface area contributed by atoms with E-state index in [2.05, 4.69) is 26.0 Å². The number of benzene rings is 2. The Morgan fingerprint density at radius 2 is 1.55 bits per heavy atom. The summed E-state index contributed by atoms with van der Waals surface area (Å²) in [6.07, 6.45) is 0. The first-order chi connectivity index (χ1) is 9.27. The van der Waals surface area contributed by atoms with E-state index >= 15 is 0 Å². The van der Waals surface area contributed by atoms with E-state index in [1.54, 1.807) is 12.1 Å². The fourth-order valence-electron chi connectivity index (χ4n) is 2.12. The van der Waals surface area contributed by atoms with Gasteiger partial charge in [-0.3, -0.25) is 0 Å². The van der Waals surface area contributed by atoms with Crippen LogP contribution < -0.4 is 0 Å². The van der Waals surface area contributed by atoms with Crippen LogP contribution in [0.4, 0.5) is 0 Å². The molecule has 0 bridgehead atoms. The van der Waals surface area contributed by atoms with Crippen LogP contribution in [0.1, 0.15) is 30.9 Å². The maximum atomic E-state index is 11.5. The summed E-state index contributed by atoms with van der Waals surface area (Å²) in [6.45, 7) is 6.14. The number of hydrogen-bond acceptors (Lipinski definition) is 2. The van der Waals surface area contributed by atoms with E-state index < -0.39 is 9.05 Å². The van der Waals surface area contributed by atoms with E-state index in [4.69, 9.17) is 10.7 Å². The van der Waals surface area contributed by atoms with Crippen molar-refractivity contribution in [1.82, 2.24) is 0 Å². The molecule has 0 aliphatic heterocycles. The van der Waals surface area contributed by atoms with Crippen molar-refractivity contribution in [2.45, 2.75) is 31.6 Å². The molecule has 0 aliphatic carbocycles. The van der Waals surface area contributed by atoms with E-state index in [0.29, 0.717) is 5.92 Å². The topological polar surface area (TPSA) is 34.1 Å². The Labute approximate surface area is 124 Å². The van der Waals surface area contributed by atoms with Crippen molar-refractivity contribution in [2.24, 2.45) is 0 Å². The van der Waals surface area contributed by atoms with E-state index in [1.807, 2.05) is 25.1 Å². The predicted octanol–water partition coefficient (Wildman–Crippen LogP) is 4.71. The molecule has 0 saturated carbocycles. The Kier molecular flexibility index (Phi) is 4.21. The van der Waals surface area contributed by atoms with Crippen LogP contribution in [0.5, 0.6) is 0 Å². The predicted molar refractivity (Wildman–Crippen MR) is 83.7 cm³/mol. The van der Waals surface area contributed by atoms with Crippen LogP contribution in [-0.4, -0.2) is 8.42 Å². The van der Waals surface area contributed by atoms with Crippen molar-refractivity contribution < 1.29 is 8.42 Å². The van der Waals surface area contributed by atoms with Gasteiger partial charge in [-0.15, -0.1) is 0 Å². The number of hydrogen-bond donors (Lipinski definition) is 0. The highest BCUT2D eigenvalue weighted by Gasteiger charge is 2.12. The molecule has 0 unspecified atom stereocenters. The van der Waals surface area contributed by atoms with Crippen molar-refractivity contribution in [3.63, 3.8) is 0 Å². The first-order valence-electron chi connectivity index (χ1n) is 6.44. The molecule has 4 heteroatoms. The quantitative estimate of drug-likeness (QED) is 0.769. The van der Waals surface area contributed by atoms with Crippen LogP contribution in [0.2, 0.25) is 0 Å². The molecule has 0 spiro atoms. The summed E-state index contributed by atoms with van der Waals surface area (Å²) in [6, 6.07) is 13.3. The molecule has 0 aromatic heterocycles. The average molecular weight is 309 g/mol. The van der Waals surface area contributed by atoms with Crippen molar-refractivity contribution >= 4 is 19.7 Å². The molecule has 0 heterocycles. The molecule has 2 aromatic carbocycles. The van der Waals surface area contributed by atoms with Gasteiger partial charge in [-0.2, -0.15) is 0 Å². The third-order valence-corrected chi connectivity index (χ3v) is 4.58. The fraction of sp³-hybridized carbons (Fsp3) is 0.250. The second-order valence-corrected chi connectivity index (χ2v) is 7.82. The number of halogens is 1. The smallest absolute Gasteiger partial charge is 0.207 e. The summed E-state index contributed by atoms with van der Waals surface area (Å²) in [5, 5.41) is 0. The van der Waals surface area contributed by atoms with Gasteiger partial charge in [-0.25, -0.2) is 8.42 Å². The summed E-state index contributed by atoms with van der Waals surface area (Å²) in [5.41, 5.74) is 3.97. The van der Waals surface area contributed by atoms with Crippen LogP contribution in [0.3, 0.4) is 0 Å². The van der Waals surface area contributed by atoms with Gasteiger partial charge in [0, 0.05) is 10.7 Å². The monoisotopic (exact) mass is 308 g/mol. The Morgan fingerprint density at radius 3 is 2.05 bits per heavy atom. The number of aryl methyl sites for hydroxylation is 1. The van der Waals surface area contributed by atoms with Gasteiger partial charge in [0.25, 0.3) is 9.05 Å².